The molecule has 19 heavy (non-hydrogen) atoms. The molecule has 1 unspecified atom stereocenters. The molecule has 0 spiro atoms. The van der Waals surface area contributed by atoms with Crippen molar-refractivity contribution < 1.29 is 9.09 Å². The third-order valence-electron chi connectivity index (χ3n) is 2.99. The van der Waals surface area contributed by atoms with Crippen LogP contribution in [0.1, 0.15) is 78.1 Å². The van der Waals surface area contributed by atoms with Gasteiger partial charge in [0, 0.05) is 5.75 Å². The van der Waals surface area contributed by atoms with Gasteiger partial charge in [-0.05, 0) is 24.1 Å². The van der Waals surface area contributed by atoms with E-state index in [1.807, 2.05) is 0 Å². The van der Waals surface area contributed by atoms with Crippen molar-refractivity contribution in [3.8, 4) is 0 Å². The number of hydrogen-bond donors (Lipinski definition) is 0. The predicted octanol–water partition coefficient (Wildman–Crippen LogP) is 7.02. The number of hydrogen-bond acceptors (Lipinski definition) is 3. The molecule has 0 aliphatic heterocycles. The minimum atomic E-state index is -2.91. The molecule has 1 atom stereocenters. The second kappa shape index (κ2) is 13.8. The average molecular weight is 329 g/mol. The van der Waals surface area contributed by atoms with Gasteiger partial charge in [0.1, 0.15) is 0 Å². The number of unbranched alkanes of at least 4 members (excludes halogenated alkanes) is 8. The molecule has 0 aromatic carbocycles. The molecule has 0 amide bonds. The molecule has 0 radical (unpaired) electrons. The van der Waals surface area contributed by atoms with E-state index in [0.717, 1.165) is 25.0 Å². The summed E-state index contributed by atoms with van der Waals surface area (Å²) in [5.74, 6) is -2.07. The van der Waals surface area contributed by atoms with Crippen molar-refractivity contribution in [2.75, 3.05) is 12.4 Å². The molecule has 0 fully saturated rings. The van der Waals surface area contributed by atoms with E-state index in [1.165, 1.54) is 56.3 Å². The van der Waals surface area contributed by atoms with Crippen LogP contribution in [0.4, 0.5) is 0 Å². The van der Waals surface area contributed by atoms with Crippen molar-refractivity contribution in [3.05, 3.63) is 0 Å². The van der Waals surface area contributed by atoms with Gasteiger partial charge >= 0.3 is 5.92 Å². The van der Waals surface area contributed by atoms with E-state index in [-0.39, 0.29) is 0 Å². The van der Waals surface area contributed by atoms with Gasteiger partial charge in [-0.1, -0.05) is 76.6 Å². The Morgan fingerprint density at radius 1 is 0.895 bits per heavy atom. The monoisotopic (exact) mass is 328 g/mol. The Kier molecular flexibility index (Phi) is 14.4. The van der Waals surface area contributed by atoms with Crippen molar-refractivity contribution >= 4 is 28.5 Å². The lowest BCUT2D eigenvalue weighted by Gasteiger charge is -2.10. The Balaban J connectivity index is 3.39. The Hall–Kier alpha value is 0.830. The summed E-state index contributed by atoms with van der Waals surface area (Å²) < 4.78 is 17.2. The molecule has 0 aliphatic carbocycles. The van der Waals surface area contributed by atoms with Crippen LogP contribution in [0.3, 0.4) is 0 Å². The molecular weight excluding hydrogens is 299 g/mol. The standard InChI is InChI=1S/C14H30ClO2PS/c1-3-5-7-9-11-13-17-18(15,16)19-14-12-10-8-6-4-2/h3-14H2,1-2H3. The summed E-state index contributed by atoms with van der Waals surface area (Å²) in [5.41, 5.74) is 0. The van der Waals surface area contributed by atoms with Crippen LogP contribution in [0.5, 0.6) is 0 Å². The first-order chi connectivity index (χ1) is 9.12. The first-order valence-corrected chi connectivity index (χ1v) is 11.8. The Bertz CT molecular complexity index is 219. The molecule has 0 saturated carbocycles. The highest BCUT2D eigenvalue weighted by Gasteiger charge is 2.19. The van der Waals surface area contributed by atoms with Crippen LogP contribution in [0.25, 0.3) is 0 Å². The van der Waals surface area contributed by atoms with E-state index in [9.17, 15) is 4.57 Å². The second-order valence-corrected chi connectivity index (χ2v) is 10.9. The van der Waals surface area contributed by atoms with Crippen molar-refractivity contribution in [2.24, 2.45) is 0 Å². The second-order valence-electron chi connectivity index (χ2n) is 4.93. The number of halogens is 1. The third-order valence-corrected chi connectivity index (χ3v) is 7.22. The van der Waals surface area contributed by atoms with Gasteiger partial charge in [-0.2, -0.15) is 0 Å². The lowest BCUT2D eigenvalue weighted by Crippen LogP contribution is -1.90. The van der Waals surface area contributed by atoms with Gasteiger partial charge < -0.3 is 4.52 Å². The van der Waals surface area contributed by atoms with Gasteiger partial charge in [0.05, 0.1) is 6.61 Å². The van der Waals surface area contributed by atoms with Crippen molar-refractivity contribution in [3.63, 3.8) is 0 Å². The van der Waals surface area contributed by atoms with E-state index in [1.54, 1.807) is 0 Å². The van der Waals surface area contributed by atoms with E-state index >= 15 is 0 Å². The lowest BCUT2D eigenvalue weighted by atomic mass is 10.2. The van der Waals surface area contributed by atoms with Crippen LogP contribution in [-0.4, -0.2) is 12.4 Å². The van der Waals surface area contributed by atoms with Crippen LogP contribution in [0, 0.1) is 0 Å². The zero-order valence-corrected chi connectivity index (χ0v) is 15.0. The van der Waals surface area contributed by atoms with Gasteiger partial charge in [-0.3, -0.25) is 4.57 Å². The van der Waals surface area contributed by atoms with Crippen LogP contribution >= 0.6 is 28.5 Å². The van der Waals surface area contributed by atoms with Crippen LogP contribution in [0.15, 0.2) is 0 Å². The van der Waals surface area contributed by atoms with E-state index in [2.05, 4.69) is 13.8 Å². The summed E-state index contributed by atoms with van der Waals surface area (Å²) in [5, 5.41) is 0. The van der Waals surface area contributed by atoms with E-state index in [4.69, 9.17) is 15.8 Å². The maximum atomic E-state index is 11.9. The fourth-order valence-corrected chi connectivity index (χ4v) is 5.09. The van der Waals surface area contributed by atoms with Gasteiger partial charge in [-0.15, -0.1) is 0 Å². The first kappa shape index (κ1) is 19.8. The van der Waals surface area contributed by atoms with E-state index in [0.29, 0.717) is 6.61 Å². The lowest BCUT2D eigenvalue weighted by molar-refractivity contribution is 0.321. The molecule has 5 heteroatoms. The molecule has 0 N–H and O–H groups in total. The van der Waals surface area contributed by atoms with Gasteiger partial charge in [0.2, 0.25) is 0 Å². The molecule has 2 nitrogen and oxygen atoms in total. The highest BCUT2D eigenvalue weighted by atomic mass is 35.7. The molecule has 116 valence electrons. The summed E-state index contributed by atoms with van der Waals surface area (Å²) in [4.78, 5) is 0. The molecule has 0 rings (SSSR count). The normalized spacial score (nSPS) is 14.5. The maximum Gasteiger partial charge on any atom is 0.346 e. The fourth-order valence-electron chi connectivity index (χ4n) is 1.80. The molecule has 0 heterocycles. The first-order valence-electron chi connectivity index (χ1n) is 7.71. The van der Waals surface area contributed by atoms with E-state index < -0.39 is 5.92 Å². The minimum absolute atomic E-state index is 0.535. The topological polar surface area (TPSA) is 26.3 Å². The highest BCUT2D eigenvalue weighted by molar-refractivity contribution is 8.63. The Morgan fingerprint density at radius 2 is 1.42 bits per heavy atom. The quantitative estimate of drug-likeness (QED) is 0.253. The van der Waals surface area contributed by atoms with Gasteiger partial charge in [0.25, 0.3) is 0 Å². The van der Waals surface area contributed by atoms with Crippen LogP contribution in [-0.2, 0) is 9.09 Å². The molecular formula is C14H30ClO2PS. The van der Waals surface area contributed by atoms with Crippen molar-refractivity contribution in [1.29, 1.82) is 0 Å². The summed E-state index contributed by atoms with van der Waals surface area (Å²) in [7, 11) is 0. The Morgan fingerprint density at radius 3 is 2.00 bits per heavy atom. The summed E-state index contributed by atoms with van der Waals surface area (Å²) in [6.07, 6.45) is 11.9. The fraction of sp³-hybridized carbons (Fsp3) is 1.00. The minimum Gasteiger partial charge on any atom is -0.310 e. The largest absolute Gasteiger partial charge is 0.346 e. The van der Waals surface area contributed by atoms with Gasteiger partial charge in [-0.25, -0.2) is 0 Å². The van der Waals surface area contributed by atoms with Crippen molar-refractivity contribution in [2.45, 2.75) is 78.1 Å². The molecule has 0 aromatic heterocycles. The average Bonchev–Trinajstić information content (AvgIpc) is 2.38. The highest BCUT2D eigenvalue weighted by Crippen LogP contribution is 2.64. The smallest absolute Gasteiger partial charge is 0.310 e. The Labute approximate surface area is 128 Å². The molecule has 0 bridgehead atoms. The van der Waals surface area contributed by atoms with Gasteiger partial charge in [0.15, 0.2) is 0 Å². The summed E-state index contributed by atoms with van der Waals surface area (Å²) in [6.45, 7) is 4.93. The van der Waals surface area contributed by atoms with Crippen molar-refractivity contribution in [1.82, 2.24) is 0 Å². The predicted molar refractivity (Wildman–Crippen MR) is 89.4 cm³/mol. The van der Waals surface area contributed by atoms with Crippen LogP contribution in [0.2, 0.25) is 0 Å². The SMILES string of the molecule is CCCCCCCOP(=O)(Cl)SCCCCCCC. The zero-order chi connectivity index (χ0) is 14.4. The molecule has 0 saturated heterocycles. The van der Waals surface area contributed by atoms with Crippen LogP contribution < -0.4 is 0 Å². The summed E-state index contributed by atoms with van der Waals surface area (Å²) in [6, 6.07) is 0. The zero-order valence-electron chi connectivity index (χ0n) is 12.5. The number of rotatable bonds is 14. The maximum absolute atomic E-state index is 11.9. The summed E-state index contributed by atoms with van der Waals surface area (Å²) >= 11 is 7.22. The molecule has 0 aliphatic rings. The third kappa shape index (κ3) is 15.0. The molecule has 0 aromatic rings.